The third-order valence-electron chi connectivity index (χ3n) is 8.70. The molecule has 5 N–H and O–H groups in total. The number of hydrogen-bond donors (Lipinski definition) is 3. The predicted molar refractivity (Wildman–Crippen MR) is 140 cm³/mol. The topological polar surface area (TPSA) is 132 Å². The first-order chi connectivity index (χ1) is 18.0. The van der Waals surface area contributed by atoms with Crippen molar-refractivity contribution in [2.24, 2.45) is 29.2 Å². The molecule has 10 nitrogen and oxygen atoms in total. The first kappa shape index (κ1) is 24.5. The summed E-state index contributed by atoms with van der Waals surface area (Å²) < 4.78 is 7.42. The molecule has 2 amide bonds. The van der Waals surface area contributed by atoms with Crippen LogP contribution in [-0.4, -0.2) is 76.4 Å². The van der Waals surface area contributed by atoms with E-state index >= 15 is 0 Å². The SMILES string of the molecule is NC1[C@H]2CN(Cc3ccc(-n4ccc(NC(=O)N5CCC(C6OCCC[C@@H]6N)CC5)nc4=O)cc3)C[C@@H]12. The maximum Gasteiger partial charge on any atom is 0.354 e. The van der Waals surface area contributed by atoms with E-state index in [1.54, 1.807) is 17.2 Å². The van der Waals surface area contributed by atoms with E-state index in [1.165, 1.54) is 10.1 Å². The molecule has 4 aliphatic rings. The number of amides is 2. The fourth-order valence-electron chi connectivity index (χ4n) is 6.41. The van der Waals surface area contributed by atoms with Gasteiger partial charge in [0.15, 0.2) is 0 Å². The number of rotatable bonds is 5. The number of carbonyl (C=O) groups is 1. The van der Waals surface area contributed by atoms with E-state index in [-0.39, 0.29) is 24.0 Å². The summed E-state index contributed by atoms with van der Waals surface area (Å²) in [5.74, 6) is 1.98. The number of carbonyl (C=O) groups excluding carboxylic acids is 1. The molecule has 0 radical (unpaired) electrons. The predicted octanol–water partition coefficient (Wildman–Crippen LogP) is 1.37. The number of nitrogens with one attached hydrogen (secondary N) is 1. The Morgan fingerprint density at radius 1 is 1.05 bits per heavy atom. The number of benzene rings is 1. The lowest BCUT2D eigenvalue weighted by atomic mass is 9.85. The van der Waals surface area contributed by atoms with Crippen LogP contribution in [0.25, 0.3) is 5.69 Å². The lowest BCUT2D eigenvalue weighted by molar-refractivity contribution is -0.0468. The third-order valence-corrected chi connectivity index (χ3v) is 8.70. The quantitative estimate of drug-likeness (QED) is 0.557. The van der Waals surface area contributed by atoms with Gasteiger partial charge in [0.25, 0.3) is 0 Å². The van der Waals surface area contributed by atoms with Crippen LogP contribution in [0.2, 0.25) is 0 Å². The van der Waals surface area contributed by atoms with Crippen LogP contribution in [0, 0.1) is 17.8 Å². The molecule has 1 aromatic heterocycles. The number of nitrogens with zero attached hydrogens (tertiary/aromatic N) is 4. The van der Waals surface area contributed by atoms with Gasteiger partial charge in [0.2, 0.25) is 0 Å². The summed E-state index contributed by atoms with van der Waals surface area (Å²) in [6.45, 7) is 5.10. The highest BCUT2D eigenvalue weighted by Gasteiger charge is 2.53. The zero-order valence-corrected chi connectivity index (χ0v) is 21.2. The van der Waals surface area contributed by atoms with Crippen molar-refractivity contribution in [1.29, 1.82) is 0 Å². The van der Waals surface area contributed by atoms with Crippen LogP contribution >= 0.6 is 0 Å². The number of hydrogen-bond acceptors (Lipinski definition) is 7. The molecule has 1 saturated carbocycles. The summed E-state index contributed by atoms with van der Waals surface area (Å²) in [5, 5.41) is 2.79. The number of nitrogens with two attached hydrogens (primary N) is 2. The van der Waals surface area contributed by atoms with Gasteiger partial charge in [-0.3, -0.25) is 14.8 Å². The minimum Gasteiger partial charge on any atom is -0.376 e. The average Bonchev–Trinajstić information content (AvgIpc) is 3.29. The largest absolute Gasteiger partial charge is 0.376 e. The zero-order valence-electron chi connectivity index (χ0n) is 21.2. The van der Waals surface area contributed by atoms with Crippen LogP contribution < -0.4 is 22.5 Å². The van der Waals surface area contributed by atoms with Crippen LogP contribution in [0.4, 0.5) is 10.6 Å². The van der Waals surface area contributed by atoms with E-state index in [2.05, 4.69) is 27.3 Å². The monoisotopic (exact) mass is 507 g/mol. The summed E-state index contributed by atoms with van der Waals surface area (Å²) in [4.78, 5) is 33.8. The molecular formula is C27H37N7O3. The second-order valence-corrected chi connectivity index (χ2v) is 11.1. The smallest absolute Gasteiger partial charge is 0.354 e. The van der Waals surface area contributed by atoms with E-state index in [9.17, 15) is 9.59 Å². The van der Waals surface area contributed by atoms with Gasteiger partial charge in [-0.25, -0.2) is 9.59 Å². The maximum absolute atomic E-state index is 12.8. The highest BCUT2D eigenvalue weighted by molar-refractivity contribution is 5.88. The van der Waals surface area contributed by atoms with Gasteiger partial charge in [0, 0.05) is 57.6 Å². The molecule has 1 aliphatic carbocycles. The third kappa shape index (κ3) is 5.16. The molecular weight excluding hydrogens is 470 g/mol. The minimum absolute atomic E-state index is 0.0843. The Morgan fingerprint density at radius 3 is 2.46 bits per heavy atom. The molecule has 2 unspecified atom stereocenters. The Balaban J connectivity index is 1.02. The number of anilines is 1. The number of urea groups is 1. The molecule has 3 aliphatic heterocycles. The Kier molecular flexibility index (Phi) is 6.74. The molecule has 2 aromatic rings. The molecule has 0 bridgehead atoms. The van der Waals surface area contributed by atoms with Crippen molar-refractivity contribution in [3.63, 3.8) is 0 Å². The van der Waals surface area contributed by atoms with Crippen LogP contribution in [0.3, 0.4) is 0 Å². The van der Waals surface area contributed by atoms with Gasteiger partial charge >= 0.3 is 11.7 Å². The van der Waals surface area contributed by atoms with Gasteiger partial charge in [-0.05, 0) is 67.2 Å². The number of ether oxygens (including phenoxy) is 1. The first-order valence-electron chi connectivity index (χ1n) is 13.6. The fraction of sp³-hybridized carbons (Fsp3) is 0.593. The molecule has 198 valence electrons. The zero-order chi connectivity index (χ0) is 25.5. The summed E-state index contributed by atoms with van der Waals surface area (Å²) in [6, 6.07) is 9.89. The Bertz CT molecular complexity index is 1170. The molecule has 10 heteroatoms. The van der Waals surface area contributed by atoms with Gasteiger partial charge in [-0.2, -0.15) is 4.98 Å². The van der Waals surface area contributed by atoms with Crippen molar-refractivity contribution in [3.8, 4) is 5.69 Å². The van der Waals surface area contributed by atoms with Crippen molar-refractivity contribution in [3.05, 3.63) is 52.6 Å². The highest BCUT2D eigenvalue weighted by atomic mass is 16.5. The summed E-state index contributed by atoms with van der Waals surface area (Å²) >= 11 is 0. The lowest BCUT2D eigenvalue weighted by Gasteiger charge is -2.39. The van der Waals surface area contributed by atoms with Gasteiger partial charge in [0.05, 0.1) is 11.8 Å². The Labute approximate surface area is 217 Å². The number of piperidine rings is 2. The molecule has 5 atom stereocenters. The molecule has 6 rings (SSSR count). The Morgan fingerprint density at radius 2 is 1.78 bits per heavy atom. The van der Waals surface area contributed by atoms with Gasteiger partial charge in [-0.1, -0.05) is 12.1 Å². The van der Waals surface area contributed by atoms with Crippen molar-refractivity contribution in [2.45, 2.75) is 50.4 Å². The highest BCUT2D eigenvalue weighted by Crippen LogP contribution is 2.44. The van der Waals surface area contributed by atoms with Crippen LogP contribution in [-0.2, 0) is 11.3 Å². The van der Waals surface area contributed by atoms with E-state index in [0.29, 0.717) is 36.9 Å². The van der Waals surface area contributed by atoms with Crippen LogP contribution in [0.1, 0.15) is 31.2 Å². The molecule has 4 fully saturated rings. The van der Waals surface area contributed by atoms with Crippen LogP contribution in [0.15, 0.2) is 41.3 Å². The van der Waals surface area contributed by atoms with Crippen LogP contribution in [0.5, 0.6) is 0 Å². The van der Waals surface area contributed by atoms with Gasteiger partial charge in [0.1, 0.15) is 5.82 Å². The van der Waals surface area contributed by atoms with E-state index in [4.69, 9.17) is 16.2 Å². The van der Waals surface area contributed by atoms with Gasteiger partial charge < -0.3 is 21.1 Å². The molecule has 0 spiro atoms. The lowest BCUT2D eigenvalue weighted by Crippen LogP contribution is -2.50. The van der Waals surface area contributed by atoms with E-state index in [0.717, 1.165) is 57.6 Å². The molecule has 37 heavy (non-hydrogen) atoms. The van der Waals surface area contributed by atoms with Gasteiger partial charge in [-0.15, -0.1) is 0 Å². The standard InChI is InChI=1S/C27H37N7O3/c28-22-2-1-13-37-25(22)18-7-10-33(11-8-18)26(35)30-23-9-12-34(27(36)31-23)19-5-3-17(4-6-19)14-32-15-20-21(16-32)24(20)29/h3-6,9,12,18,20-22,24-25H,1-2,7-8,10-11,13-16,28-29H2,(H,30,31,35,36)/t20-,21+,22-,24?,25?/m0/s1. The summed E-state index contributed by atoms with van der Waals surface area (Å²) in [6.07, 6.45) is 5.50. The second kappa shape index (κ2) is 10.2. The number of fused-ring (bicyclic) bond motifs is 1. The van der Waals surface area contributed by atoms with Crippen molar-refractivity contribution in [1.82, 2.24) is 19.4 Å². The average molecular weight is 508 g/mol. The minimum atomic E-state index is -0.429. The molecule has 4 heterocycles. The first-order valence-corrected chi connectivity index (χ1v) is 13.6. The second-order valence-electron chi connectivity index (χ2n) is 11.1. The maximum atomic E-state index is 12.8. The normalized spacial score (nSPS) is 30.2. The van der Waals surface area contributed by atoms with E-state index < -0.39 is 5.69 Å². The molecule has 3 saturated heterocycles. The number of aromatic nitrogens is 2. The Hall–Kier alpha value is -2.79. The van der Waals surface area contributed by atoms with Crippen molar-refractivity contribution < 1.29 is 9.53 Å². The summed E-state index contributed by atoms with van der Waals surface area (Å²) in [7, 11) is 0. The van der Waals surface area contributed by atoms with Crippen molar-refractivity contribution >= 4 is 11.8 Å². The number of likely N-dealkylation sites (tertiary alicyclic amines) is 2. The van der Waals surface area contributed by atoms with Crippen molar-refractivity contribution in [2.75, 3.05) is 38.1 Å². The fourth-order valence-corrected chi connectivity index (χ4v) is 6.41. The summed E-state index contributed by atoms with van der Waals surface area (Å²) in [5.41, 5.74) is 13.8. The molecule has 1 aromatic carbocycles. The van der Waals surface area contributed by atoms with E-state index in [1.807, 2.05) is 12.1 Å².